The molecule has 0 aliphatic carbocycles. The van der Waals surface area contributed by atoms with Crippen LogP contribution in [-0.4, -0.2) is 51.8 Å². The number of halogens is 3. The molecule has 8 nitrogen and oxygen atoms in total. The van der Waals surface area contributed by atoms with Crippen LogP contribution in [0.25, 0.3) is 11.1 Å². The summed E-state index contributed by atoms with van der Waals surface area (Å²) in [4.78, 5) is 19.2. The summed E-state index contributed by atoms with van der Waals surface area (Å²) in [5.74, 6) is 0.328. The van der Waals surface area contributed by atoms with Gasteiger partial charge in [-0.1, -0.05) is 23.2 Å². The first-order chi connectivity index (χ1) is 18.3. The van der Waals surface area contributed by atoms with E-state index in [1.54, 1.807) is 25.4 Å². The van der Waals surface area contributed by atoms with Crippen LogP contribution in [0.1, 0.15) is 50.3 Å². The monoisotopic (exact) mass is 560 g/mol. The van der Waals surface area contributed by atoms with Crippen molar-refractivity contribution in [3.8, 4) is 16.9 Å². The number of piperidine rings is 2. The topological polar surface area (TPSA) is 98.3 Å². The molecule has 3 N–H and O–H groups in total. The highest BCUT2D eigenvalue weighted by Gasteiger charge is 2.30. The van der Waals surface area contributed by atoms with Gasteiger partial charge in [-0.25, -0.2) is 9.37 Å². The van der Waals surface area contributed by atoms with E-state index in [4.69, 9.17) is 33.7 Å². The van der Waals surface area contributed by atoms with Gasteiger partial charge in [-0.3, -0.25) is 9.48 Å². The second-order valence-electron chi connectivity index (χ2n) is 9.93. The smallest absolute Gasteiger partial charge is 0.226 e. The Labute approximate surface area is 231 Å². The fourth-order valence-corrected chi connectivity index (χ4v) is 5.91. The number of hydrogen-bond donors (Lipinski definition) is 2. The fourth-order valence-electron chi connectivity index (χ4n) is 5.23. The Hall–Kier alpha value is -2.88. The van der Waals surface area contributed by atoms with Gasteiger partial charge >= 0.3 is 0 Å². The van der Waals surface area contributed by atoms with Crippen LogP contribution in [0.4, 0.5) is 10.2 Å². The lowest BCUT2D eigenvalue weighted by molar-refractivity contribution is -0.137. The third-order valence-corrected chi connectivity index (χ3v) is 8.12. The van der Waals surface area contributed by atoms with Crippen molar-refractivity contribution in [1.29, 1.82) is 0 Å². The van der Waals surface area contributed by atoms with E-state index in [2.05, 4.69) is 15.4 Å². The van der Waals surface area contributed by atoms with Crippen LogP contribution in [0.15, 0.2) is 36.8 Å². The normalized spacial score (nSPS) is 19.4. The molecule has 5 rings (SSSR count). The molecule has 2 aliphatic rings. The molecule has 3 aromatic rings. The van der Waals surface area contributed by atoms with E-state index in [0.717, 1.165) is 63.0 Å². The molecule has 0 spiro atoms. The molecule has 2 aromatic heterocycles. The summed E-state index contributed by atoms with van der Waals surface area (Å²) in [5, 5.41) is 8.14. The van der Waals surface area contributed by atoms with Gasteiger partial charge in [-0.05, 0) is 57.4 Å². The maximum atomic E-state index is 14.0. The number of aromatic nitrogens is 3. The summed E-state index contributed by atoms with van der Waals surface area (Å²) >= 11 is 12.4. The highest BCUT2D eigenvalue weighted by Crippen LogP contribution is 2.37. The minimum absolute atomic E-state index is 0.0860. The summed E-state index contributed by atoms with van der Waals surface area (Å²) in [6.45, 7) is 4.97. The number of ether oxygens (including phenoxy) is 1. The highest BCUT2D eigenvalue weighted by molar-refractivity contribution is 6.36. The van der Waals surface area contributed by atoms with Gasteiger partial charge in [0, 0.05) is 53.7 Å². The molecule has 0 unspecified atom stereocenters. The van der Waals surface area contributed by atoms with Gasteiger partial charge in [0.25, 0.3) is 0 Å². The molecule has 2 atom stereocenters. The van der Waals surface area contributed by atoms with Crippen molar-refractivity contribution < 1.29 is 13.9 Å². The predicted molar refractivity (Wildman–Crippen MR) is 146 cm³/mol. The average molecular weight is 561 g/mol. The predicted octanol–water partition coefficient (Wildman–Crippen LogP) is 5.28. The SMILES string of the molecule is C[C@@H](Oc1cc(-c2cnn(C3CCN(C(=O)[C@@H]4CCCNC4)CC3)c2)cnc1N)c1c(Cl)ccc(F)c1Cl. The number of rotatable bonds is 6. The Balaban J connectivity index is 1.26. The van der Waals surface area contributed by atoms with E-state index < -0.39 is 11.9 Å². The molecule has 38 heavy (non-hydrogen) atoms. The molecule has 2 fully saturated rings. The Morgan fingerprint density at radius 3 is 2.74 bits per heavy atom. The molecule has 0 radical (unpaired) electrons. The van der Waals surface area contributed by atoms with Crippen molar-refractivity contribution in [2.75, 3.05) is 31.9 Å². The van der Waals surface area contributed by atoms with Gasteiger partial charge in [0.05, 0.1) is 23.2 Å². The zero-order valence-corrected chi connectivity index (χ0v) is 22.7. The molecule has 0 bridgehead atoms. The Morgan fingerprint density at radius 2 is 2.00 bits per heavy atom. The zero-order chi connectivity index (χ0) is 26.8. The molecule has 0 saturated carbocycles. The van der Waals surface area contributed by atoms with Crippen molar-refractivity contribution in [2.45, 2.75) is 44.8 Å². The first-order valence-corrected chi connectivity index (χ1v) is 13.7. The van der Waals surface area contributed by atoms with Crippen LogP contribution in [0, 0.1) is 11.7 Å². The Bertz CT molecular complexity index is 1300. The largest absolute Gasteiger partial charge is 0.482 e. The molecule has 2 aliphatic heterocycles. The van der Waals surface area contributed by atoms with E-state index in [1.165, 1.54) is 12.1 Å². The highest BCUT2D eigenvalue weighted by atomic mass is 35.5. The maximum absolute atomic E-state index is 14.0. The number of nitrogens with zero attached hydrogens (tertiary/aromatic N) is 4. The molecule has 4 heterocycles. The minimum Gasteiger partial charge on any atom is -0.482 e. The van der Waals surface area contributed by atoms with Gasteiger partial charge < -0.3 is 20.7 Å². The van der Waals surface area contributed by atoms with Crippen LogP contribution in [-0.2, 0) is 4.79 Å². The maximum Gasteiger partial charge on any atom is 0.226 e. The van der Waals surface area contributed by atoms with Gasteiger partial charge in [0.15, 0.2) is 11.6 Å². The number of nitrogen functional groups attached to an aromatic ring is 1. The number of carbonyl (C=O) groups is 1. The minimum atomic E-state index is -0.662. The number of nitrogens with two attached hydrogens (primary N) is 1. The molecule has 1 aromatic carbocycles. The second-order valence-corrected chi connectivity index (χ2v) is 10.7. The summed E-state index contributed by atoms with van der Waals surface area (Å²) in [7, 11) is 0. The Kier molecular flexibility index (Phi) is 8.07. The van der Waals surface area contributed by atoms with Crippen molar-refractivity contribution in [3.63, 3.8) is 0 Å². The number of anilines is 1. The lowest BCUT2D eigenvalue weighted by atomic mass is 9.96. The first-order valence-electron chi connectivity index (χ1n) is 12.9. The average Bonchev–Trinajstić information content (AvgIpc) is 3.43. The number of carbonyl (C=O) groups excluding carboxylic acids is 1. The van der Waals surface area contributed by atoms with Gasteiger partial charge in [0.2, 0.25) is 5.91 Å². The van der Waals surface area contributed by atoms with Crippen LogP contribution in [0.5, 0.6) is 5.75 Å². The molecule has 1 amide bonds. The van der Waals surface area contributed by atoms with Gasteiger partial charge in [0.1, 0.15) is 11.9 Å². The summed E-state index contributed by atoms with van der Waals surface area (Å²) in [6.07, 6.45) is 8.50. The number of likely N-dealkylation sites (tertiary alicyclic amines) is 1. The molecular weight excluding hydrogens is 530 g/mol. The second kappa shape index (κ2) is 11.5. The number of pyridine rings is 1. The third kappa shape index (κ3) is 5.60. The summed E-state index contributed by atoms with van der Waals surface area (Å²) in [6, 6.07) is 4.65. The van der Waals surface area contributed by atoms with Crippen LogP contribution < -0.4 is 15.8 Å². The quantitative estimate of drug-likeness (QED) is 0.398. The molecular formula is C27H31Cl2FN6O2. The standard InChI is InChI=1S/C27H31Cl2FN6O2/c1-16(24-21(28)4-5-22(30)25(24)29)38-23-11-18(13-33-26(23)31)19-14-34-36(15-19)20-6-9-35(10-7-20)27(37)17-3-2-8-32-12-17/h4-5,11,13-17,20,32H,2-3,6-10,12H2,1H3,(H2,31,33)/t16-,17-/m1/s1. The third-order valence-electron chi connectivity index (χ3n) is 7.40. The summed E-state index contributed by atoms with van der Waals surface area (Å²) in [5.41, 5.74) is 8.07. The van der Waals surface area contributed by atoms with Gasteiger partial charge in [-0.2, -0.15) is 5.10 Å². The van der Waals surface area contributed by atoms with Crippen LogP contribution >= 0.6 is 23.2 Å². The fraction of sp³-hybridized carbons (Fsp3) is 0.444. The zero-order valence-electron chi connectivity index (χ0n) is 21.2. The van der Waals surface area contributed by atoms with E-state index in [0.29, 0.717) is 16.3 Å². The molecule has 11 heteroatoms. The first kappa shape index (κ1) is 26.7. The number of hydrogen-bond acceptors (Lipinski definition) is 6. The lowest BCUT2D eigenvalue weighted by Gasteiger charge is -2.35. The van der Waals surface area contributed by atoms with Crippen molar-refractivity contribution in [3.05, 3.63) is 58.2 Å². The van der Waals surface area contributed by atoms with Gasteiger partial charge in [-0.15, -0.1) is 0 Å². The van der Waals surface area contributed by atoms with E-state index in [9.17, 15) is 9.18 Å². The van der Waals surface area contributed by atoms with E-state index in [-0.39, 0.29) is 28.7 Å². The summed E-state index contributed by atoms with van der Waals surface area (Å²) < 4.78 is 22.0. The van der Waals surface area contributed by atoms with Crippen molar-refractivity contribution >= 4 is 34.9 Å². The molecule has 202 valence electrons. The van der Waals surface area contributed by atoms with E-state index >= 15 is 0 Å². The number of amides is 1. The van der Waals surface area contributed by atoms with E-state index in [1.807, 2.05) is 15.8 Å². The number of nitrogens with one attached hydrogen (secondary N) is 1. The van der Waals surface area contributed by atoms with Crippen molar-refractivity contribution in [2.24, 2.45) is 5.92 Å². The lowest BCUT2D eigenvalue weighted by Crippen LogP contribution is -2.46. The Morgan fingerprint density at radius 1 is 1.21 bits per heavy atom. The van der Waals surface area contributed by atoms with Crippen molar-refractivity contribution in [1.82, 2.24) is 25.0 Å². The van der Waals surface area contributed by atoms with Crippen LogP contribution in [0.3, 0.4) is 0 Å². The molecule has 2 saturated heterocycles. The van der Waals surface area contributed by atoms with Crippen LogP contribution in [0.2, 0.25) is 10.0 Å². The number of benzene rings is 1.